The molecule has 0 saturated carbocycles. The van der Waals surface area contributed by atoms with Gasteiger partial charge in [0, 0.05) is 19.0 Å². The first-order chi connectivity index (χ1) is 7.00. The summed E-state index contributed by atoms with van der Waals surface area (Å²) in [4.78, 5) is 0. The third-order valence-electron chi connectivity index (χ3n) is 2.26. The van der Waals surface area contributed by atoms with E-state index in [1.54, 1.807) is 20.8 Å². The van der Waals surface area contributed by atoms with Crippen LogP contribution in [0.5, 0.6) is 0 Å². The molecule has 16 heavy (non-hydrogen) atoms. The van der Waals surface area contributed by atoms with Crippen LogP contribution in [0.4, 0.5) is 0 Å². The van der Waals surface area contributed by atoms with Gasteiger partial charge in [0.15, 0.2) is 0 Å². The standard InChI is InChI=1S/C10H23N3O2S/c1-8(2)13(7-6-9(11)12)16(14,15)10(3,4)5/h8H,6-7H2,1-5H3,(H3,11,12). The number of hydrogen-bond acceptors (Lipinski definition) is 3. The molecule has 0 bridgehead atoms. The van der Waals surface area contributed by atoms with Crippen LogP contribution in [-0.4, -0.2) is 35.9 Å². The first-order valence-corrected chi connectivity index (χ1v) is 6.78. The van der Waals surface area contributed by atoms with Crippen LogP contribution in [0.1, 0.15) is 41.0 Å². The first-order valence-electron chi connectivity index (χ1n) is 5.34. The molecule has 0 spiro atoms. The Morgan fingerprint density at radius 1 is 1.38 bits per heavy atom. The number of nitrogens with one attached hydrogen (secondary N) is 1. The molecule has 0 aliphatic heterocycles. The van der Waals surface area contributed by atoms with E-state index in [2.05, 4.69) is 0 Å². The molecule has 6 heteroatoms. The summed E-state index contributed by atoms with van der Waals surface area (Å²) in [6.07, 6.45) is 0.271. The zero-order valence-corrected chi connectivity index (χ0v) is 11.6. The van der Waals surface area contributed by atoms with E-state index in [1.165, 1.54) is 4.31 Å². The first kappa shape index (κ1) is 15.4. The van der Waals surface area contributed by atoms with Crippen molar-refractivity contribution in [2.45, 2.75) is 51.8 Å². The van der Waals surface area contributed by atoms with Crippen LogP contribution in [0.3, 0.4) is 0 Å². The SMILES string of the molecule is CC(C)N(CCC(=N)N)S(=O)(=O)C(C)(C)C. The Hall–Kier alpha value is -0.620. The van der Waals surface area contributed by atoms with Crippen LogP contribution in [0, 0.1) is 5.41 Å². The van der Waals surface area contributed by atoms with Crippen LogP contribution in [0.15, 0.2) is 0 Å². The van der Waals surface area contributed by atoms with Gasteiger partial charge in [0.2, 0.25) is 10.0 Å². The number of hydrogen-bond donors (Lipinski definition) is 2. The van der Waals surface area contributed by atoms with Crippen molar-refractivity contribution in [3.05, 3.63) is 0 Å². The van der Waals surface area contributed by atoms with Crippen molar-refractivity contribution in [2.24, 2.45) is 5.73 Å². The summed E-state index contributed by atoms with van der Waals surface area (Å²) in [5, 5.41) is 7.15. The van der Waals surface area contributed by atoms with Gasteiger partial charge in [-0.2, -0.15) is 4.31 Å². The van der Waals surface area contributed by atoms with Gasteiger partial charge in [0.1, 0.15) is 0 Å². The zero-order chi connectivity index (χ0) is 13.1. The molecule has 0 amide bonds. The van der Waals surface area contributed by atoms with Gasteiger partial charge in [-0.1, -0.05) is 0 Å². The lowest BCUT2D eigenvalue weighted by Gasteiger charge is -2.32. The van der Waals surface area contributed by atoms with Gasteiger partial charge in [-0.15, -0.1) is 0 Å². The minimum absolute atomic E-state index is 0.00904. The Balaban J connectivity index is 5.01. The average Bonchev–Trinajstić information content (AvgIpc) is 1.99. The lowest BCUT2D eigenvalue weighted by Crippen LogP contribution is -2.47. The van der Waals surface area contributed by atoms with Gasteiger partial charge in [-0.3, -0.25) is 5.41 Å². The molecule has 0 aliphatic carbocycles. The average molecular weight is 249 g/mol. The smallest absolute Gasteiger partial charge is 0.219 e. The Morgan fingerprint density at radius 3 is 2.06 bits per heavy atom. The molecule has 0 fully saturated rings. The molecule has 0 aromatic carbocycles. The van der Waals surface area contributed by atoms with E-state index >= 15 is 0 Å². The number of nitrogens with two attached hydrogens (primary N) is 1. The number of sulfonamides is 1. The highest BCUT2D eigenvalue weighted by molar-refractivity contribution is 7.90. The highest BCUT2D eigenvalue weighted by Gasteiger charge is 2.36. The molecule has 96 valence electrons. The second-order valence-corrected chi connectivity index (χ2v) is 7.74. The fraction of sp³-hybridized carbons (Fsp3) is 0.900. The summed E-state index contributed by atoms with van der Waals surface area (Å²) in [6.45, 7) is 8.93. The summed E-state index contributed by atoms with van der Waals surface area (Å²) in [7, 11) is -3.35. The lowest BCUT2D eigenvalue weighted by atomic mass is 10.3. The van der Waals surface area contributed by atoms with Crippen molar-refractivity contribution in [3.8, 4) is 0 Å². The Morgan fingerprint density at radius 2 is 1.81 bits per heavy atom. The molecule has 0 atom stereocenters. The predicted octanol–water partition coefficient (Wildman–Crippen LogP) is 1.15. The lowest BCUT2D eigenvalue weighted by molar-refractivity contribution is 0.349. The van der Waals surface area contributed by atoms with E-state index in [-0.39, 0.29) is 24.8 Å². The van der Waals surface area contributed by atoms with Gasteiger partial charge < -0.3 is 5.73 Å². The summed E-state index contributed by atoms with van der Waals surface area (Å²) in [6, 6.07) is -0.122. The minimum Gasteiger partial charge on any atom is -0.388 e. The molecule has 0 aliphatic rings. The Kier molecular flexibility index (Phi) is 4.94. The second-order valence-electron chi connectivity index (χ2n) is 5.10. The molecule has 0 heterocycles. The number of rotatable bonds is 5. The summed E-state index contributed by atoms with van der Waals surface area (Å²) in [5.41, 5.74) is 5.26. The fourth-order valence-electron chi connectivity index (χ4n) is 1.24. The minimum atomic E-state index is -3.35. The molecule has 0 aromatic rings. The molecule has 0 radical (unpaired) electrons. The molecule has 5 nitrogen and oxygen atoms in total. The van der Waals surface area contributed by atoms with Gasteiger partial charge in [-0.05, 0) is 34.6 Å². The molecular weight excluding hydrogens is 226 g/mol. The zero-order valence-electron chi connectivity index (χ0n) is 10.7. The topological polar surface area (TPSA) is 87.2 Å². The quantitative estimate of drug-likeness (QED) is 0.566. The summed E-state index contributed by atoms with van der Waals surface area (Å²) in [5.74, 6) is 0.00904. The maximum atomic E-state index is 12.2. The highest BCUT2D eigenvalue weighted by Crippen LogP contribution is 2.22. The van der Waals surface area contributed by atoms with Crippen molar-refractivity contribution >= 4 is 15.9 Å². The maximum Gasteiger partial charge on any atom is 0.219 e. The molecular formula is C10H23N3O2S. The largest absolute Gasteiger partial charge is 0.388 e. The highest BCUT2D eigenvalue weighted by atomic mass is 32.2. The van der Waals surface area contributed by atoms with Crippen molar-refractivity contribution < 1.29 is 8.42 Å². The van der Waals surface area contributed by atoms with E-state index in [0.717, 1.165) is 0 Å². The van der Waals surface area contributed by atoms with E-state index in [1.807, 2.05) is 13.8 Å². The van der Waals surface area contributed by atoms with Crippen molar-refractivity contribution in [1.29, 1.82) is 5.41 Å². The predicted molar refractivity (Wildman–Crippen MR) is 67.0 cm³/mol. The van der Waals surface area contributed by atoms with Crippen LogP contribution in [-0.2, 0) is 10.0 Å². The monoisotopic (exact) mass is 249 g/mol. The van der Waals surface area contributed by atoms with E-state index < -0.39 is 14.8 Å². The summed E-state index contributed by atoms with van der Waals surface area (Å²) < 4.78 is 25.0. The number of nitrogens with zero attached hydrogens (tertiary/aromatic N) is 1. The molecule has 0 aromatic heterocycles. The Labute approximate surface area is 98.6 Å². The van der Waals surface area contributed by atoms with Crippen LogP contribution < -0.4 is 5.73 Å². The van der Waals surface area contributed by atoms with Crippen LogP contribution >= 0.6 is 0 Å². The molecule has 0 unspecified atom stereocenters. The van der Waals surface area contributed by atoms with Gasteiger partial charge in [0.25, 0.3) is 0 Å². The van der Waals surface area contributed by atoms with E-state index in [4.69, 9.17) is 11.1 Å². The maximum absolute atomic E-state index is 12.2. The van der Waals surface area contributed by atoms with Crippen molar-refractivity contribution in [3.63, 3.8) is 0 Å². The fourth-order valence-corrected chi connectivity index (χ4v) is 2.83. The second kappa shape index (κ2) is 5.14. The van der Waals surface area contributed by atoms with Gasteiger partial charge in [-0.25, -0.2) is 8.42 Å². The number of amidine groups is 1. The molecule has 0 saturated heterocycles. The van der Waals surface area contributed by atoms with Gasteiger partial charge >= 0.3 is 0 Å². The van der Waals surface area contributed by atoms with Crippen LogP contribution in [0.2, 0.25) is 0 Å². The Bertz CT molecular complexity index is 342. The van der Waals surface area contributed by atoms with Crippen LogP contribution in [0.25, 0.3) is 0 Å². The van der Waals surface area contributed by atoms with E-state index in [0.29, 0.717) is 0 Å². The molecule has 3 N–H and O–H groups in total. The van der Waals surface area contributed by atoms with Crippen molar-refractivity contribution in [2.75, 3.05) is 6.54 Å². The molecule has 0 rings (SSSR count). The normalized spacial score (nSPS) is 13.4. The van der Waals surface area contributed by atoms with Crippen molar-refractivity contribution in [1.82, 2.24) is 4.31 Å². The van der Waals surface area contributed by atoms with E-state index in [9.17, 15) is 8.42 Å². The third kappa shape index (κ3) is 3.75. The third-order valence-corrected chi connectivity index (χ3v) is 5.03. The van der Waals surface area contributed by atoms with Gasteiger partial charge in [0.05, 0.1) is 10.6 Å². The summed E-state index contributed by atoms with van der Waals surface area (Å²) >= 11 is 0.